The average Bonchev–Trinajstić information content (AvgIpc) is 2.48. The van der Waals surface area contributed by atoms with Crippen LogP contribution in [0.2, 0.25) is 0 Å². The van der Waals surface area contributed by atoms with E-state index >= 15 is 0 Å². The molecule has 1 unspecified atom stereocenters. The Kier molecular flexibility index (Phi) is 4.57. The predicted octanol–water partition coefficient (Wildman–Crippen LogP) is 3.26. The van der Waals surface area contributed by atoms with Gasteiger partial charge in [-0.15, -0.1) is 0 Å². The summed E-state index contributed by atoms with van der Waals surface area (Å²) in [5.41, 5.74) is 1.10. The summed E-state index contributed by atoms with van der Waals surface area (Å²) >= 11 is 0. The molecule has 0 heterocycles. The van der Waals surface area contributed by atoms with Crippen LogP contribution in [0, 0.1) is 17.2 Å². The predicted molar refractivity (Wildman–Crippen MR) is 74.7 cm³/mol. The van der Waals surface area contributed by atoms with Crippen molar-refractivity contribution in [1.82, 2.24) is 5.32 Å². The van der Waals surface area contributed by atoms with Gasteiger partial charge in [0.1, 0.15) is 0 Å². The number of benzene rings is 1. The first-order valence-electron chi connectivity index (χ1n) is 7.01. The molecule has 0 aliphatic heterocycles. The number of hydrogen-bond acceptors (Lipinski definition) is 2. The van der Waals surface area contributed by atoms with Crippen LogP contribution in [0.5, 0.6) is 0 Å². The summed E-state index contributed by atoms with van der Waals surface area (Å²) in [4.78, 5) is 12.1. The van der Waals surface area contributed by atoms with Gasteiger partial charge in [-0.3, -0.25) is 4.79 Å². The van der Waals surface area contributed by atoms with Crippen molar-refractivity contribution in [3.05, 3.63) is 35.4 Å². The van der Waals surface area contributed by atoms with Crippen LogP contribution in [0.15, 0.2) is 24.3 Å². The molecule has 1 aliphatic rings. The minimum Gasteiger partial charge on any atom is -0.349 e. The van der Waals surface area contributed by atoms with Crippen LogP contribution in [0.4, 0.5) is 0 Å². The zero-order chi connectivity index (χ0) is 13.7. The Hall–Kier alpha value is -1.82. The topological polar surface area (TPSA) is 52.9 Å². The summed E-state index contributed by atoms with van der Waals surface area (Å²) in [5.74, 6) is 0.520. The molecule has 3 heteroatoms. The molecule has 0 spiro atoms. The van der Waals surface area contributed by atoms with Gasteiger partial charge in [0.25, 0.3) is 5.91 Å². The zero-order valence-electron chi connectivity index (χ0n) is 11.4. The Morgan fingerprint density at radius 3 is 2.79 bits per heavy atom. The lowest BCUT2D eigenvalue weighted by Gasteiger charge is -2.28. The van der Waals surface area contributed by atoms with Gasteiger partial charge in [0, 0.05) is 11.6 Å². The number of nitrogens with one attached hydrogen (secondary N) is 1. The number of carbonyl (C=O) groups is 1. The maximum atomic E-state index is 12.1. The van der Waals surface area contributed by atoms with Gasteiger partial charge in [-0.2, -0.15) is 5.26 Å². The maximum absolute atomic E-state index is 12.1. The number of hydrogen-bond donors (Lipinski definition) is 1. The highest BCUT2D eigenvalue weighted by Gasteiger charge is 2.21. The fraction of sp³-hybridized carbons (Fsp3) is 0.500. The molecule has 1 aromatic carbocycles. The fourth-order valence-electron chi connectivity index (χ4n) is 2.77. The minimum absolute atomic E-state index is 0.0739. The minimum atomic E-state index is -0.0739. The van der Waals surface area contributed by atoms with Crippen LogP contribution in [-0.2, 0) is 0 Å². The molecule has 1 fully saturated rings. The van der Waals surface area contributed by atoms with Crippen LogP contribution in [0.1, 0.15) is 54.9 Å². The first-order chi connectivity index (χ1) is 9.20. The Balaban J connectivity index is 1.98. The lowest BCUT2D eigenvalue weighted by Crippen LogP contribution is -2.38. The second-order valence-corrected chi connectivity index (χ2v) is 5.35. The molecular weight excluding hydrogens is 236 g/mol. The molecule has 0 saturated heterocycles. The summed E-state index contributed by atoms with van der Waals surface area (Å²) in [6.07, 6.45) is 6.28. The number of nitrogens with zero attached hydrogens (tertiary/aromatic N) is 1. The first kappa shape index (κ1) is 13.6. The van der Waals surface area contributed by atoms with Crippen LogP contribution in [0.3, 0.4) is 0 Å². The van der Waals surface area contributed by atoms with Gasteiger partial charge in [-0.1, -0.05) is 25.3 Å². The molecule has 1 atom stereocenters. The molecule has 1 aliphatic carbocycles. The highest BCUT2D eigenvalue weighted by Crippen LogP contribution is 2.26. The highest BCUT2D eigenvalue weighted by molar-refractivity contribution is 5.94. The molecule has 1 saturated carbocycles. The van der Waals surface area contributed by atoms with Gasteiger partial charge in [0.05, 0.1) is 11.6 Å². The third-order valence-electron chi connectivity index (χ3n) is 3.97. The van der Waals surface area contributed by atoms with E-state index in [-0.39, 0.29) is 11.9 Å². The van der Waals surface area contributed by atoms with E-state index in [4.69, 9.17) is 5.26 Å². The second-order valence-electron chi connectivity index (χ2n) is 5.35. The maximum Gasteiger partial charge on any atom is 0.251 e. The molecule has 0 aromatic heterocycles. The standard InChI is InChI=1S/C16H20N2O/c1-12(14-7-3-2-4-8-14)18-16(19)15-9-5-6-13(10-15)11-17/h5-6,9-10,12,14H,2-4,7-8H2,1H3,(H,18,19). The smallest absolute Gasteiger partial charge is 0.251 e. The summed E-state index contributed by atoms with van der Waals surface area (Å²) in [7, 11) is 0. The van der Waals surface area contributed by atoms with Crippen molar-refractivity contribution in [3.63, 3.8) is 0 Å². The largest absolute Gasteiger partial charge is 0.349 e. The molecule has 3 nitrogen and oxygen atoms in total. The SMILES string of the molecule is CC(NC(=O)c1cccc(C#N)c1)C1CCCCC1. The molecule has 1 aromatic rings. The van der Waals surface area contributed by atoms with E-state index in [9.17, 15) is 4.79 Å². The zero-order valence-corrected chi connectivity index (χ0v) is 11.4. The fourth-order valence-corrected chi connectivity index (χ4v) is 2.77. The van der Waals surface area contributed by atoms with Gasteiger partial charge in [-0.25, -0.2) is 0 Å². The molecule has 19 heavy (non-hydrogen) atoms. The Labute approximate surface area is 114 Å². The molecule has 0 radical (unpaired) electrons. The van der Waals surface area contributed by atoms with Crippen molar-refractivity contribution < 1.29 is 4.79 Å². The van der Waals surface area contributed by atoms with Gasteiger partial charge in [-0.05, 0) is 43.9 Å². The van der Waals surface area contributed by atoms with E-state index in [1.165, 1.54) is 32.1 Å². The lowest BCUT2D eigenvalue weighted by molar-refractivity contribution is 0.0919. The third-order valence-corrected chi connectivity index (χ3v) is 3.97. The quantitative estimate of drug-likeness (QED) is 0.902. The van der Waals surface area contributed by atoms with Crippen LogP contribution in [-0.4, -0.2) is 11.9 Å². The third kappa shape index (κ3) is 3.57. The highest BCUT2D eigenvalue weighted by atomic mass is 16.1. The molecule has 100 valence electrons. The van der Waals surface area contributed by atoms with Crippen LogP contribution in [0.25, 0.3) is 0 Å². The van der Waals surface area contributed by atoms with E-state index in [0.29, 0.717) is 17.0 Å². The van der Waals surface area contributed by atoms with Gasteiger partial charge in [0.15, 0.2) is 0 Å². The van der Waals surface area contributed by atoms with Crippen molar-refractivity contribution in [1.29, 1.82) is 5.26 Å². The van der Waals surface area contributed by atoms with Crippen molar-refractivity contribution in [2.45, 2.75) is 45.1 Å². The van der Waals surface area contributed by atoms with E-state index in [1.807, 2.05) is 0 Å². The van der Waals surface area contributed by atoms with E-state index < -0.39 is 0 Å². The summed E-state index contributed by atoms with van der Waals surface area (Å²) in [5, 5.41) is 11.9. The van der Waals surface area contributed by atoms with Crippen LogP contribution >= 0.6 is 0 Å². The molecule has 2 rings (SSSR count). The Morgan fingerprint density at radius 2 is 2.11 bits per heavy atom. The summed E-state index contributed by atoms with van der Waals surface area (Å²) in [6.45, 7) is 2.09. The second kappa shape index (κ2) is 6.38. The summed E-state index contributed by atoms with van der Waals surface area (Å²) in [6, 6.07) is 9.12. The van der Waals surface area contributed by atoms with E-state index in [2.05, 4.69) is 18.3 Å². The molecule has 1 amide bonds. The monoisotopic (exact) mass is 256 g/mol. The number of nitriles is 1. The number of carbonyl (C=O) groups excluding carboxylic acids is 1. The molecule has 0 bridgehead atoms. The lowest BCUT2D eigenvalue weighted by atomic mass is 9.84. The molecule has 1 N–H and O–H groups in total. The Bertz CT molecular complexity index is 484. The van der Waals surface area contributed by atoms with Crippen molar-refractivity contribution in [2.24, 2.45) is 5.92 Å². The van der Waals surface area contributed by atoms with Crippen molar-refractivity contribution >= 4 is 5.91 Å². The van der Waals surface area contributed by atoms with Gasteiger partial charge < -0.3 is 5.32 Å². The molecular formula is C16H20N2O. The first-order valence-corrected chi connectivity index (χ1v) is 7.01. The van der Waals surface area contributed by atoms with E-state index in [0.717, 1.165) is 0 Å². The van der Waals surface area contributed by atoms with Gasteiger partial charge >= 0.3 is 0 Å². The van der Waals surface area contributed by atoms with Crippen molar-refractivity contribution in [3.8, 4) is 6.07 Å². The van der Waals surface area contributed by atoms with E-state index in [1.54, 1.807) is 24.3 Å². The number of amides is 1. The normalized spacial score (nSPS) is 17.5. The van der Waals surface area contributed by atoms with Gasteiger partial charge in [0.2, 0.25) is 0 Å². The Morgan fingerprint density at radius 1 is 1.37 bits per heavy atom. The summed E-state index contributed by atoms with van der Waals surface area (Å²) < 4.78 is 0. The van der Waals surface area contributed by atoms with Crippen molar-refractivity contribution in [2.75, 3.05) is 0 Å². The van der Waals surface area contributed by atoms with Crippen LogP contribution < -0.4 is 5.32 Å². The average molecular weight is 256 g/mol. The number of rotatable bonds is 3.